The highest BCUT2D eigenvalue weighted by atomic mass is 16.5. The normalized spacial score (nSPS) is 28.2. The third kappa shape index (κ3) is 5.84. The van der Waals surface area contributed by atoms with E-state index in [0.717, 1.165) is 38.7 Å². The van der Waals surface area contributed by atoms with Gasteiger partial charge in [0.05, 0.1) is 25.4 Å². The van der Waals surface area contributed by atoms with Crippen molar-refractivity contribution in [2.24, 2.45) is 5.41 Å². The monoisotopic (exact) mass is 244 g/mol. The summed E-state index contributed by atoms with van der Waals surface area (Å²) < 4.78 is 11.2. The quantitative estimate of drug-likeness (QED) is 0.700. The molecular formula is C14H28O3. The molecule has 0 aromatic heterocycles. The fourth-order valence-corrected chi connectivity index (χ4v) is 2.28. The second kappa shape index (κ2) is 7.34. The summed E-state index contributed by atoms with van der Waals surface area (Å²) >= 11 is 0. The lowest BCUT2D eigenvalue weighted by Crippen LogP contribution is -2.39. The van der Waals surface area contributed by atoms with Gasteiger partial charge in [-0.2, -0.15) is 0 Å². The molecule has 0 aromatic carbocycles. The highest BCUT2D eigenvalue weighted by Gasteiger charge is 2.34. The van der Waals surface area contributed by atoms with E-state index in [-0.39, 0.29) is 12.2 Å². The van der Waals surface area contributed by atoms with E-state index in [4.69, 9.17) is 9.47 Å². The molecule has 102 valence electrons. The van der Waals surface area contributed by atoms with E-state index in [1.54, 1.807) is 0 Å². The van der Waals surface area contributed by atoms with Crippen LogP contribution in [0.5, 0.6) is 0 Å². The molecule has 0 aromatic rings. The van der Waals surface area contributed by atoms with Crippen molar-refractivity contribution in [2.75, 3.05) is 19.8 Å². The molecule has 2 unspecified atom stereocenters. The molecule has 0 saturated heterocycles. The summed E-state index contributed by atoms with van der Waals surface area (Å²) in [7, 11) is 0. The Balaban J connectivity index is 2.12. The molecule has 1 N–H and O–H groups in total. The molecule has 1 saturated carbocycles. The number of unbranched alkanes of at least 4 members (excludes halogenated alkanes) is 1. The number of rotatable bonds is 7. The Labute approximate surface area is 105 Å². The van der Waals surface area contributed by atoms with Gasteiger partial charge < -0.3 is 14.6 Å². The SMILES string of the molecule is CCCCOCCOC1CC(C)(C)CCC1O. The predicted octanol–water partition coefficient (Wildman–Crippen LogP) is 2.76. The fourth-order valence-electron chi connectivity index (χ4n) is 2.28. The third-order valence-corrected chi connectivity index (χ3v) is 3.50. The second-order valence-electron chi connectivity index (χ2n) is 5.85. The first kappa shape index (κ1) is 14.9. The lowest BCUT2D eigenvalue weighted by Gasteiger charge is -2.38. The second-order valence-corrected chi connectivity index (χ2v) is 5.85. The summed E-state index contributed by atoms with van der Waals surface area (Å²) in [6.07, 6.45) is 4.86. The van der Waals surface area contributed by atoms with Crippen LogP contribution in [0.4, 0.5) is 0 Å². The summed E-state index contributed by atoms with van der Waals surface area (Å²) in [4.78, 5) is 0. The fraction of sp³-hybridized carbons (Fsp3) is 1.00. The molecule has 17 heavy (non-hydrogen) atoms. The van der Waals surface area contributed by atoms with Crippen LogP contribution in [-0.2, 0) is 9.47 Å². The van der Waals surface area contributed by atoms with Crippen molar-refractivity contribution in [3.05, 3.63) is 0 Å². The summed E-state index contributed by atoms with van der Waals surface area (Å²) in [5.74, 6) is 0. The lowest BCUT2D eigenvalue weighted by atomic mass is 9.75. The molecule has 1 fully saturated rings. The van der Waals surface area contributed by atoms with Crippen LogP contribution in [0.25, 0.3) is 0 Å². The summed E-state index contributed by atoms with van der Waals surface area (Å²) in [6, 6.07) is 0. The number of hydrogen-bond donors (Lipinski definition) is 1. The van der Waals surface area contributed by atoms with Crippen molar-refractivity contribution in [1.82, 2.24) is 0 Å². The van der Waals surface area contributed by atoms with Crippen molar-refractivity contribution < 1.29 is 14.6 Å². The summed E-state index contributed by atoms with van der Waals surface area (Å²) in [5.41, 5.74) is 0.299. The Kier molecular flexibility index (Phi) is 6.45. The van der Waals surface area contributed by atoms with E-state index < -0.39 is 0 Å². The Hall–Kier alpha value is -0.120. The number of ether oxygens (including phenoxy) is 2. The van der Waals surface area contributed by atoms with Gasteiger partial charge in [0.25, 0.3) is 0 Å². The first-order valence-corrected chi connectivity index (χ1v) is 6.92. The van der Waals surface area contributed by atoms with Crippen molar-refractivity contribution in [3.63, 3.8) is 0 Å². The average molecular weight is 244 g/mol. The summed E-state index contributed by atoms with van der Waals surface area (Å²) in [5, 5.41) is 9.88. The first-order valence-electron chi connectivity index (χ1n) is 6.92. The number of hydrogen-bond acceptors (Lipinski definition) is 3. The Morgan fingerprint density at radius 3 is 2.71 bits per heavy atom. The van der Waals surface area contributed by atoms with Crippen molar-refractivity contribution in [3.8, 4) is 0 Å². The van der Waals surface area contributed by atoms with Gasteiger partial charge in [-0.3, -0.25) is 0 Å². The smallest absolute Gasteiger partial charge is 0.0840 e. The van der Waals surface area contributed by atoms with Crippen molar-refractivity contribution in [2.45, 2.75) is 65.1 Å². The van der Waals surface area contributed by atoms with Crippen LogP contribution in [0.15, 0.2) is 0 Å². The van der Waals surface area contributed by atoms with E-state index in [1.165, 1.54) is 0 Å². The predicted molar refractivity (Wildman–Crippen MR) is 69.1 cm³/mol. The van der Waals surface area contributed by atoms with Crippen molar-refractivity contribution >= 4 is 0 Å². The van der Waals surface area contributed by atoms with Crippen LogP contribution >= 0.6 is 0 Å². The van der Waals surface area contributed by atoms with Gasteiger partial charge in [0.2, 0.25) is 0 Å². The molecule has 0 amide bonds. The average Bonchev–Trinajstić information content (AvgIpc) is 2.28. The first-order chi connectivity index (χ1) is 8.05. The van der Waals surface area contributed by atoms with Gasteiger partial charge in [-0.1, -0.05) is 27.2 Å². The minimum atomic E-state index is -0.293. The van der Waals surface area contributed by atoms with Crippen LogP contribution < -0.4 is 0 Å². The van der Waals surface area contributed by atoms with E-state index in [9.17, 15) is 5.11 Å². The zero-order chi connectivity index (χ0) is 12.7. The standard InChI is InChI=1S/C14H28O3/c1-4-5-8-16-9-10-17-13-11-14(2,3)7-6-12(13)15/h12-13,15H,4-11H2,1-3H3. The summed E-state index contributed by atoms with van der Waals surface area (Å²) in [6.45, 7) is 8.70. The number of aliphatic hydroxyl groups is 1. The van der Waals surface area contributed by atoms with E-state index >= 15 is 0 Å². The van der Waals surface area contributed by atoms with Gasteiger partial charge in [-0.05, 0) is 31.1 Å². The zero-order valence-corrected chi connectivity index (χ0v) is 11.6. The molecule has 2 atom stereocenters. The zero-order valence-electron chi connectivity index (χ0n) is 11.6. The topological polar surface area (TPSA) is 38.7 Å². The Morgan fingerprint density at radius 1 is 1.24 bits per heavy atom. The molecule has 3 nitrogen and oxygen atoms in total. The van der Waals surface area contributed by atoms with Crippen LogP contribution in [0.2, 0.25) is 0 Å². The van der Waals surface area contributed by atoms with Gasteiger partial charge >= 0.3 is 0 Å². The maximum absolute atomic E-state index is 9.88. The minimum absolute atomic E-state index is 0.00600. The Morgan fingerprint density at radius 2 is 2.00 bits per heavy atom. The molecule has 3 heteroatoms. The molecule has 1 aliphatic carbocycles. The number of aliphatic hydroxyl groups excluding tert-OH is 1. The van der Waals surface area contributed by atoms with Gasteiger partial charge in [-0.15, -0.1) is 0 Å². The van der Waals surface area contributed by atoms with Crippen LogP contribution in [0.3, 0.4) is 0 Å². The van der Waals surface area contributed by atoms with Crippen LogP contribution in [0, 0.1) is 5.41 Å². The molecule has 0 bridgehead atoms. The molecule has 0 aliphatic heterocycles. The molecule has 1 rings (SSSR count). The lowest BCUT2D eigenvalue weighted by molar-refractivity contribution is -0.0968. The van der Waals surface area contributed by atoms with Gasteiger partial charge in [0.15, 0.2) is 0 Å². The highest BCUT2D eigenvalue weighted by Crippen LogP contribution is 2.36. The Bertz CT molecular complexity index is 204. The molecule has 0 radical (unpaired) electrons. The molecule has 0 spiro atoms. The largest absolute Gasteiger partial charge is 0.390 e. The van der Waals surface area contributed by atoms with E-state index in [0.29, 0.717) is 18.6 Å². The van der Waals surface area contributed by atoms with Gasteiger partial charge in [0, 0.05) is 6.61 Å². The molecule has 1 aliphatic rings. The third-order valence-electron chi connectivity index (χ3n) is 3.50. The molecular weight excluding hydrogens is 216 g/mol. The van der Waals surface area contributed by atoms with Crippen molar-refractivity contribution in [1.29, 1.82) is 0 Å². The molecule has 0 heterocycles. The van der Waals surface area contributed by atoms with E-state index in [2.05, 4.69) is 20.8 Å². The highest BCUT2D eigenvalue weighted by molar-refractivity contribution is 4.85. The van der Waals surface area contributed by atoms with Gasteiger partial charge in [-0.25, -0.2) is 0 Å². The van der Waals surface area contributed by atoms with E-state index in [1.807, 2.05) is 0 Å². The van der Waals surface area contributed by atoms with Crippen LogP contribution in [-0.4, -0.2) is 37.1 Å². The maximum atomic E-state index is 9.88. The van der Waals surface area contributed by atoms with Crippen LogP contribution in [0.1, 0.15) is 52.9 Å². The minimum Gasteiger partial charge on any atom is -0.390 e. The van der Waals surface area contributed by atoms with Gasteiger partial charge in [0.1, 0.15) is 0 Å². The maximum Gasteiger partial charge on any atom is 0.0840 e.